The lowest BCUT2D eigenvalue weighted by molar-refractivity contribution is 0.571. The molecule has 1 heterocycles. The zero-order chi connectivity index (χ0) is 17.1. The summed E-state index contributed by atoms with van der Waals surface area (Å²) in [5.74, 6) is -0.255. The molecule has 0 unspecified atom stereocenters. The first-order valence-electron chi connectivity index (χ1n) is 8.14. The largest absolute Gasteiger partial charge is 0.306 e. The molecule has 4 heteroatoms. The summed E-state index contributed by atoms with van der Waals surface area (Å²) < 4.78 is 15.2. The van der Waals surface area contributed by atoms with Gasteiger partial charge in [-0.2, -0.15) is 5.10 Å². The van der Waals surface area contributed by atoms with Gasteiger partial charge in [-0.25, -0.2) is 9.07 Å². The highest BCUT2D eigenvalue weighted by molar-refractivity contribution is 5.36. The van der Waals surface area contributed by atoms with Gasteiger partial charge in [0, 0.05) is 23.8 Å². The third-order valence-corrected chi connectivity index (χ3v) is 4.26. The van der Waals surface area contributed by atoms with E-state index in [-0.39, 0.29) is 11.9 Å². The maximum absolute atomic E-state index is 13.4. The number of rotatable bonds is 5. The number of benzene rings is 2. The Morgan fingerprint density at radius 2 is 1.92 bits per heavy atom. The molecule has 0 aliphatic carbocycles. The lowest BCUT2D eigenvalue weighted by atomic mass is 10.1. The highest BCUT2D eigenvalue weighted by Crippen LogP contribution is 2.21. The molecule has 1 aromatic heterocycles. The molecule has 1 atom stereocenters. The smallest absolute Gasteiger partial charge is 0.125 e. The zero-order valence-corrected chi connectivity index (χ0v) is 14.3. The van der Waals surface area contributed by atoms with Gasteiger partial charge in [0.05, 0.1) is 11.9 Å². The number of aromatic nitrogens is 2. The van der Waals surface area contributed by atoms with Gasteiger partial charge in [-0.05, 0) is 44.5 Å². The highest BCUT2D eigenvalue weighted by Gasteiger charge is 2.14. The lowest BCUT2D eigenvalue weighted by Gasteiger charge is -2.14. The van der Waals surface area contributed by atoms with E-state index in [0.717, 1.165) is 23.5 Å². The second-order valence-electron chi connectivity index (χ2n) is 6.17. The highest BCUT2D eigenvalue weighted by atomic mass is 19.1. The molecule has 0 saturated heterocycles. The van der Waals surface area contributed by atoms with Gasteiger partial charge in [-0.3, -0.25) is 0 Å². The van der Waals surface area contributed by atoms with Crippen LogP contribution in [0, 0.1) is 19.7 Å². The molecule has 24 heavy (non-hydrogen) atoms. The van der Waals surface area contributed by atoms with Crippen LogP contribution in [-0.2, 0) is 6.54 Å². The molecular weight excluding hydrogens is 301 g/mol. The molecule has 124 valence electrons. The van der Waals surface area contributed by atoms with E-state index in [9.17, 15) is 4.39 Å². The van der Waals surface area contributed by atoms with E-state index in [0.29, 0.717) is 0 Å². The van der Waals surface area contributed by atoms with Gasteiger partial charge >= 0.3 is 0 Å². The van der Waals surface area contributed by atoms with Crippen LogP contribution >= 0.6 is 0 Å². The van der Waals surface area contributed by atoms with E-state index < -0.39 is 0 Å². The zero-order valence-electron chi connectivity index (χ0n) is 14.3. The average molecular weight is 323 g/mol. The summed E-state index contributed by atoms with van der Waals surface area (Å²) in [7, 11) is 0. The minimum absolute atomic E-state index is 0.160. The van der Waals surface area contributed by atoms with Crippen LogP contribution in [0.4, 0.5) is 4.39 Å². The van der Waals surface area contributed by atoms with Gasteiger partial charge in [0.2, 0.25) is 0 Å². The maximum Gasteiger partial charge on any atom is 0.125 e. The molecule has 3 aromatic rings. The maximum atomic E-state index is 13.4. The Labute approximate surface area is 142 Å². The summed E-state index contributed by atoms with van der Waals surface area (Å²) in [5.41, 5.74) is 5.40. The molecule has 0 fully saturated rings. The first kappa shape index (κ1) is 16.4. The molecule has 0 bridgehead atoms. The van der Waals surface area contributed by atoms with E-state index in [1.54, 1.807) is 10.7 Å². The molecule has 2 aromatic carbocycles. The van der Waals surface area contributed by atoms with Crippen LogP contribution < -0.4 is 5.32 Å². The third kappa shape index (κ3) is 3.54. The van der Waals surface area contributed by atoms with E-state index in [1.165, 1.54) is 23.3 Å². The van der Waals surface area contributed by atoms with E-state index in [2.05, 4.69) is 48.5 Å². The topological polar surface area (TPSA) is 29.9 Å². The average Bonchev–Trinajstić information content (AvgIpc) is 2.94. The van der Waals surface area contributed by atoms with E-state index in [1.807, 2.05) is 19.2 Å². The van der Waals surface area contributed by atoms with Gasteiger partial charge in [-0.15, -0.1) is 0 Å². The van der Waals surface area contributed by atoms with Crippen LogP contribution in [0.15, 0.2) is 54.7 Å². The monoisotopic (exact) mass is 323 g/mol. The van der Waals surface area contributed by atoms with Crippen LogP contribution in [-0.4, -0.2) is 9.78 Å². The number of aryl methyl sites for hydroxylation is 1. The Kier molecular flexibility index (Phi) is 4.76. The predicted molar refractivity (Wildman–Crippen MR) is 94.7 cm³/mol. The van der Waals surface area contributed by atoms with Crippen molar-refractivity contribution >= 4 is 0 Å². The van der Waals surface area contributed by atoms with Crippen molar-refractivity contribution in [3.05, 3.63) is 82.9 Å². The first-order chi connectivity index (χ1) is 11.5. The summed E-state index contributed by atoms with van der Waals surface area (Å²) in [4.78, 5) is 0. The van der Waals surface area contributed by atoms with E-state index in [4.69, 9.17) is 0 Å². The van der Waals surface area contributed by atoms with Gasteiger partial charge in [-0.1, -0.05) is 35.9 Å². The van der Waals surface area contributed by atoms with Crippen LogP contribution in [0.1, 0.15) is 35.3 Å². The van der Waals surface area contributed by atoms with Crippen molar-refractivity contribution in [3.8, 4) is 5.69 Å². The molecule has 0 radical (unpaired) electrons. The summed E-state index contributed by atoms with van der Waals surface area (Å²) in [6.07, 6.45) is 1.86. The molecule has 0 saturated carbocycles. The first-order valence-corrected chi connectivity index (χ1v) is 8.14. The number of halogens is 1. The van der Waals surface area contributed by atoms with Crippen molar-refractivity contribution in [2.75, 3.05) is 0 Å². The summed E-state index contributed by atoms with van der Waals surface area (Å²) >= 11 is 0. The third-order valence-electron chi connectivity index (χ3n) is 4.26. The summed E-state index contributed by atoms with van der Waals surface area (Å²) in [6.45, 7) is 7.03. The minimum Gasteiger partial charge on any atom is -0.306 e. The van der Waals surface area contributed by atoms with E-state index >= 15 is 0 Å². The molecular formula is C20H22FN3. The fourth-order valence-electron chi connectivity index (χ4n) is 2.92. The van der Waals surface area contributed by atoms with Gasteiger partial charge in [0.25, 0.3) is 0 Å². The molecule has 0 spiro atoms. The normalized spacial score (nSPS) is 12.3. The predicted octanol–water partition coefficient (Wildman–Crippen LogP) is 4.48. The molecule has 0 aliphatic heterocycles. The Hall–Kier alpha value is -2.46. The number of nitrogens with zero attached hydrogens (tertiary/aromatic N) is 2. The standard InChI is InChI=1S/C20H22FN3/c1-14-6-4-7-17(10-14)12-22-15(2)20-13-23-24(16(20)3)19-9-5-8-18(21)11-19/h4-11,13,15,22H,12H2,1-3H3/t15-/m0/s1. The fourth-order valence-corrected chi connectivity index (χ4v) is 2.92. The SMILES string of the molecule is Cc1cccc(CN[C@@H](C)c2cnn(-c3cccc(F)c3)c2C)c1. The minimum atomic E-state index is -0.255. The van der Waals surface area contributed by atoms with Crippen LogP contribution in [0.5, 0.6) is 0 Å². The quantitative estimate of drug-likeness (QED) is 0.750. The van der Waals surface area contributed by atoms with Gasteiger partial charge in [0.1, 0.15) is 5.82 Å². The Bertz CT molecular complexity index is 838. The molecule has 3 nitrogen and oxygen atoms in total. The Morgan fingerprint density at radius 1 is 1.12 bits per heavy atom. The van der Waals surface area contributed by atoms with Crippen molar-refractivity contribution in [2.45, 2.75) is 33.4 Å². The van der Waals surface area contributed by atoms with Crippen molar-refractivity contribution in [1.29, 1.82) is 0 Å². The molecule has 0 amide bonds. The molecule has 1 N–H and O–H groups in total. The second-order valence-corrected chi connectivity index (χ2v) is 6.17. The molecule has 0 aliphatic rings. The van der Waals surface area contributed by atoms with Crippen LogP contribution in [0.25, 0.3) is 5.69 Å². The number of hydrogen-bond acceptors (Lipinski definition) is 2. The Morgan fingerprint density at radius 3 is 2.67 bits per heavy atom. The second kappa shape index (κ2) is 6.97. The van der Waals surface area contributed by atoms with Gasteiger partial charge < -0.3 is 5.32 Å². The van der Waals surface area contributed by atoms with Crippen LogP contribution in [0.3, 0.4) is 0 Å². The summed E-state index contributed by atoms with van der Waals surface area (Å²) in [6, 6.07) is 15.1. The number of nitrogens with one attached hydrogen (secondary N) is 1. The number of hydrogen-bond donors (Lipinski definition) is 1. The molecule has 3 rings (SSSR count). The van der Waals surface area contributed by atoms with Crippen molar-refractivity contribution in [1.82, 2.24) is 15.1 Å². The van der Waals surface area contributed by atoms with Crippen LogP contribution in [0.2, 0.25) is 0 Å². The van der Waals surface area contributed by atoms with Crippen molar-refractivity contribution < 1.29 is 4.39 Å². The van der Waals surface area contributed by atoms with Crippen molar-refractivity contribution in [2.24, 2.45) is 0 Å². The Balaban J connectivity index is 1.75. The fraction of sp³-hybridized carbons (Fsp3) is 0.250. The van der Waals surface area contributed by atoms with Crippen molar-refractivity contribution in [3.63, 3.8) is 0 Å². The lowest BCUT2D eigenvalue weighted by Crippen LogP contribution is -2.18. The van der Waals surface area contributed by atoms with Gasteiger partial charge in [0.15, 0.2) is 0 Å². The summed E-state index contributed by atoms with van der Waals surface area (Å²) in [5, 5.41) is 7.96.